The van der Waals surface area contributed by atoms with Crippen LogP contribution in [0.5, 0.6) is 46.0 Å². The standard InChI is InChI=1S/C60H58O9/c1-63-49-33-25-45(26-34-49)59(43-15-7-5-8-16-43,46-27-35-50(64-2)36-28-46)67-41-13-19-53-55(61)21-11-23-57(53)69-58-24-12-22-56(62)54(58)20-14-42-68-60(44-17-9-6-10-18-44,47-29-37-51(65-3)38-30-47)48-31-39-52(66-4)40-32-48/h5-12,15-18,21-40,61-62H,13-14,19-20,41-42H2,1-4H3. The molecule has 352 valence electrons. The Balaban J connectivity index is 1.03. The van der Waals surface area contributed by atoms with Crippen LogP contribution in [0.15, 0.2) is 194 Å². The van der Waals surface area contributed by atoms with Crippen LogP contribution in [0.25, 0.3) is 0 Å². The molecule has 9 heteroatoms. The Labute approximate surface area is 405 Å². The van der Waals surface area contributed by atoms with Crippen molar-refractivity contribution in [3.05, 3.63) is 239 Å². The first kappa shape index (κ1) is 47.8. The predicted molar refractivity (Wildman–Crippen MR) is 269 cm³/mol. The van der Waals surface area contributed by atoms with Gasteiger partial charge in [-0.05, 0) is 132 Å². The van der Waals surface area contributed by atoms with Gasteiger partial charge >= 0.3 is 0 Å². The lowest BCUT2D eigenvalue weighted by Gasteiger charge is -2.36. The first-order chi connectivity index (χ1) is 33.8. The van der Waals surface area contributed by atoms with E-state index in [0.717, 1.165) is 56.4 Å². The molecule has 0 heterocycles. The molecule has 0 radical (unpaired) electrons. The number of phenolic OH excluding ortho intramolecular Hbond substituents is 2. The fourth-order valence-corrected chi connectivity index (χ4v) is 9.02. The van der Waals surface area contributed by atoms with E-state index in [1.54, 1.807) is 52.7 Å². The van der Waals surface area contributed by atoms with Gasteiger partial charge < -0.3 is 43.4 Å². The molecule has 0 aliphatic heterocycles. The fourth-order valence-electron chi connectivity index (χ4n) is 9.02. The number of hydrogen-bond donors (Lipinski definition) is 2. The molecule has 0 atom stereocenters. The molecule has 2 N–H and O–H groups in total. The molecule has 0 aliphatic carbocycles. The highest BCUT2D eigenvalue weighted by molar-refractivity contribution is 5.53. The molecule has 0 saturated heterocycles. The number of hydrogen-bond acceptors (Lipinski definition) is 9. The van der Waals surface area contributed by atoms with Crippen molar-refractivity contribution in [2.24, 2.45) is 0 Å². The number of phenols is 2. The van der Waals surface area contributed by atoms with Gasteiger partial charge in [-0.3, -0.25) is 0 Å². The zero-order valence-corrected chi connectivity index (χ0v) is 39.5. The summed E-state index contributed by atoms with van der Waals surface area (Å²) >= 11 is 0. The molecule has 0 amide bonds. The van der Waals surface area contributed by atoms with Crippen molar-refractivity contribution in [1.29, 1.82) is 0 Å². The van der Waals surface area contributed by atoms with E-state index >= 15 is 0 Å². The Hall–Kier alpha value is -7.72. The fraction of sp³-hybridized carbons (Fsp3) is 0.200. The molecule has 9 nitrogen and oxygen atoms in total. The number of methoxy groups -OCH3 is 4. The highest BCUT2D eigenvalue weighted by atomic mass is 16.5. The zero-order chi connectivity index (χ0) is 48.1. The van der Waals surface area contributed by atoms with Crippen LogP contribution in [0.1, 0.15) is 57.3 Å². The van der Waals surface area contributed by atoms with Crippen LogP contribution in [0.2, 0.25) is 0 Å². The molecule has 8 rings (SSSR count). The largest absolute Gasteiger partial charge is 0.508 e. The van der Waals surface area contributed by atoms with Crippen LogP contribution < -0.4 is 23.7 Å². The Bertz CT molecular complexity index is 2550. The summed E-state index contributed by atoms with van der Waals surface area (Å²) in [4.78, 5) is 0. The summed E-state index contributed by atoms with van der Waals surface area (Å²) in [5.74, 6) is 4.15. The van der Waals surface area contributed by atoms with Gasteiger partial charge in [0, 0.05) is 24.3 Å². The molecule has 8 aromatic rings. The van der Waals surface area contributed by atoms with E-state index in [4.69, 9.17) is 33.2 Å². The first-order valence-electron chi connectivity index (χ1n) is 23.1. The van der Waals surface area contributed by atoms with E-state index in [-0.39, 0.29) is 11.5 Å². The van der Waals surface area contributed by atoms with Crippen LogP contribution in [0, 0.1) is 0 Å². The molecule has 0 saturated carbocycles. The van der Waals surface area contributed by atoms with Gasteiger partial charge in [0.15, 0.2) is 0 Å². The average Bonchev–Trinajstić information content (AvgIpc) is 3.41. The van der Waals surface area contributed by atoms with Crippen molar-refractivity contribution in [2.45, 2.75) is 36.9 Å². The third-order valence-electron chi connectivity index (χ3n) is 12.6. The summed E-state index contributed by atoms with van der Waals surface area (Å²) < 4.78 is 43.0. The van der Waals surface area contributed by atoms with Crippen molar-refractivity contribution in [1.82, 2.24) is 0 Å². The van der Waals surface area contributed by atoms with Gasteiger partial charge in [-0.15, -0.1) is 0 Å². The lowest BCUT2D eigenvalue weighted by molar-refractivity contribution is 0.0115. The minimum absolute atomic E-state index is 0.108. The Kier molecular flexibility index (Phi) is 15.5. The molecule has 0 fully saturated rings. The Morgan fingerprint density at radius 3 is 0.913 bits per heavy atom. The van der Waals surface area contributed by atoms with Gasteiger partial charge in [0.1, 0.15) is 57.2 Å². The average molecular weight is 923 g/mol. The highest BCUT2D eigenvalue weighted by Crippen LogP contribution is 2.44. The second-order valence-corrected chi connectivity index (χ2v) is 16.5. The van der Waals surface area contributed by atoms with E-state index in [2.05, 4.69) is 24.3 Å². The van der Waals surface area contributed by atoms with Gasteiger partial charge in [-0.25, -0.2) is 0 Å². The minimum atomic E-state index is -0.984. The van der Waals surface area contributed by atoms with Gasteiger partial charge in [0.05, 0.1) is 28.4 Å². The van der Waals surface area contributed by atoms with Crippen LogP contribution in [-0.4, -0.2) is 51.9 Å². The third-order valence-corrected chi connectivity index (χ3v) is 12.6. The molecule has 69 heavy (non-hydrogen) atoms. The van der Waals surface area contributed by atoms with E-state index in [1.165, 1.54) is 0 Å². The molecule has 0 aliphatic rings. The molecule has 0 bridgehead atoms. The van der Waals surface area contributed by atoms with Crippen LogP contribution in [-0.2, 0) is 33.5 Å². The predicted octanol–water partition coefficient (Wildman–Crippen LogP) is 12.8. The van der Waals surface area contributed by atoms with E-state index in [1.807, 2.05) is 146 Å². The van der Waals surface area contributed by atoms with Crippen molar-refractivity contribution >= 4 is 0 Å². The lowest BCUT2D eigenvalue weighted by Crippen LogP contribution is -2.33. The number of benzene rings is 8. The zero-order valence-electron chi connectivity index (χ0n) is 39.5. The maximum Gasteiger partial charge on any atom is 0.143 e. The van der Waals surface area contributed by atoms with E-state index < -0.39 is 11.2 Å². The van der Waals surface area contributed by atoms with Crippen molar-refractivity contribution in [3.63, 3.8) is 0 Å². The highest BCUT2D eigenvalue weighted by Gasteiger charge is 2.39. The molecule has 8 aromatic carbocycles. The van der Waals surface area contributed by atoms with Crippen molar-refractivity contribution in [3.8, 4) is 46.0 Å². The number of ether oxygens (including phenoxy) is 7. The summed E-state index contributed by atoms with van der Waals surface area (Å²) in [7, 11) is 6.61. The molecule has 0 unspecified atom stereocenters. The summed E-state index contributed by atoms with van der Waals surface area (Å²) in [5.41, 5.74) is 4.93. The van der Waals surface area contributed by atoms with E-state index in [0.29, 0.717) is 61.5 Å². The Morgan fingerprint density at radius 2 is 0.623 bits per heavy atom. The van der Waals surface area contributed by atoms with Gasteiger partial charge in [-0.1, -0.05) is 121 Å². The van der Waals surface area contributed by atoms with Crippen LogP contribution in [0.4, 0.5) is 0 Å². The summed E-state index contributed by atoms with van der Waals surface area (Å²) in [6, 6.07) is 62.7. The molecular formula is C60H58O9. The Morgan fingerprint density at radius 1 is 0.333 bits per heavy atom. The maximum atomic E-state index is 11.4. The topological polar surface area (TPSA) is 105 Å². The van der Waals surface area contributed by atoms with Gasteiger partial charge in [0.2, 0.25) is 0 Å². The summed E-state index contributed by atoms with van der Waals surface area (Å²) in [6.07, 6.45) is 1.98. The van der Waals surface area contributed by atoms with Crippen LogP contribution in [0.3, 0.4) is 0 Å². The summed E-state index contributed by atoms with van der Waals surface area (Å²) in [6.45, 7) is 0.658. The SMILES string of the molecule is COc1ccc(C(OCCCc2c(O)cccc2Oc2cccc(O)c2CCCOC(c2ccccc2)(c2ccc(OC)cc2)c2ccc(OC)cc2)(c2ccccc2)c2ccc(OC)cc2)cc1. The van der Waals surface area contributed by atoms with Crippen LogP contribution >= 0.6 is 0 Å². The monoisotopic (exact) mass is 922 g/mol. The van der Waals surface area contributed by atoms with Gasteiger partial charge in [0.25, 0.3) is 0 Å². The second kappa shape index (κ2) is 22.4. The molecule has 0 spiro atoms. The summed E-state index contributed by atoms with van der Waals surface area (Å²) in [5, 5.41) is 22.7. The normalized spacial score (nSPS) is 11.5. The third kappa shape index (κ3) is 10.4. The maximum absolute atomic E-state index is 11.4. The quantitative estimate of drug-likeness (QED) is 0.0508. The lowest BCUT2D eigenvalue weighted by atomic mass is 9.80. The van der Waals surface area contributed by atoms with Gasteiger partial charge in [-0.2, -0.15) is 0 Å². The molecular weight excluding hydrogens is 865 g/mol. The molecule has 0 aromatic heterocycles. The van der Waals surface area contributed by atoms with Crippen molar-refractivity contribution < 1.29 is 43.4 Å². The number of aromatic hydroxyl groups is 2. The smallest absolute Gasteiger partial charge is 0.143 e. The second-order valence-electron chi connectivity index (χ2n) is 16.5. The number of rotatable bonds is 22. The first-order valence-corrected chi connectivity index (χ1v) is 23.1. The minimum Gasteiger partial charge on any atom is -0.508 e. The van der Waals surface area contributed by atoms with E-state index in [9.17, 15) is 10.2 Å². The van der Waals surface area contributed by atoms with Crippen molar-refractivity contribution in [2.75, 3.05) is 41.7 Å².